The zero-order valence-electron chi connectivity index (χ0n) is 36.2. The molecular weight excluding hydrogens is 701 g/mol. The van der Waals surface area contributed by atoms with Crippen LogP contribution in [0, 0.1) is 0 Å². The summed E-state index contributed by atoms with van der Waals surface area (Å²) in [5, 5.41) is 0. The molecule has 9 nitrogen and oxygen atoms in total. The van der Waals surface area contributed by atoms with Crippen LogP contribution in [0.4, 0.5) is 0 Å². The lowest BCUT2D eigenvalue weighted by Gasteiger charge is -2.28. The lowest BCUT2D eigenvalue weighted by Crippen LogP contribution is -2.37. The van der Waals surface area contributed by atoms with Gasteiger partial charge in [0.05, 0.1) is 27.7 Å². The third kappa shape index (κ3) is 40.7. The van der Waals surface area contributed by atoms with E-state index in [1.807, 2.05) is 21.1 Å². The number of phosphoric ester groups is 1. The summed E-state index contributed by atoms with van der Waals surface area (Å²) in [6, 6.07) is 0. The van der Waals surface area contributed by atoms with Gasteiger partial charge in [0.15, 0.2) is 6.10 Å². The molecule has 0 saturated heterocycles. The molecule has 0 spiro atoms. The molecule has 0 aromatic rings. The van der Waals surface area contributed by atoms with Crippen LogP contribution in [0.2, 0.25) is 0 Å². The maximum atomic E-state index is 12.7. The number of phosphoric acid groups is 1. The highest BCUT2D eigenvalue weighted by molar-refractivity contribution is 7.45. The first-order chi connectivity index (χ1) is 26.0. The third-order valence-electron chi connectivity index (χ3n) is 10.1. The van der Waals surface area contributed by atoms with E-state index in [2.05, 4.69) is 13.8 Å². The molecule has 0 rings (SSSR count). The molecule has 0 fully saturated rings. The maximum absolute atomic E-state index is 12.7. The van der Waals surface area contributed by atoms with Gasteiger partial charge in [-0.3, -0.25) is 14.2 Å². The summed E-state index contributed by atoms with van der Waals surface area (Å²) in [5.74, 6) is -0.819. The Morgan fingerprint density at radius 3 is 1.19 bits per heavy atom. The van der Waals surface area contributed by atoms with Crippen LogP contribution in [0.25, 0.3) is 0 Å². The first-order valence-electron chi connectivity index (χ1n) is 22.7. The second kappa shape index (κ2) is 37.6. The topological polar surface area (TPSA) is 111 Å². The van der Waals surface area contributed by atoms with Gasteiger partial charge in [-0.25, -0.2) is 0 Å². The quantitative estimate of drug-likeness (QED) is 0.0260. The van der Waals surface area contributed by atoms with E-state index in [-0.39, 0.29) is 32.0 Å². The fourth-order valence-corrected chi connectivity index (χ4v) is 7.27. The van der Waals surface area contributed by atoms with Crippen molar-refractivity contribution in [1.82, 2.24) is 0 Å². The zero-order chi connectivity index (χ0) is 40.0. The zero-order valence-corrected chi connectivity index (χ0v) is 37.1. The van der Waals surface area contributed by atoms with E-state index < -0.39 is 26.5 Å². The molecule has 0 aromatic carbocycles. The van der Waals surface area contributed by atoms with Gasteiger partial charge in [-0.15, -0.1) is 0 Å². The highest BCUT2D eigenvalue weighted by Gasteiger charge is 2.21. The van der Waals surface area contributed by atoms with E-state index in [0.717, 1.165) is 32.1 Å². The number of carbonyl (C=O) groups excluding carboxylic acids is 2. The van der Waals surface area contributed by atoms with Crippen molar-refractivity contribution in [2.75, 3.05) is 47.5 Å². The van der Waals surface area contributed by atoms with E-state index in [1.165, 1.54) is 154 Å². The molecule has 322 valence electrons. The van der Waals surface area contributed by atoms with Crippen LogP contribution < -0.4 is 4.89 Å². The number of carbonyl (C=O) groups is 2. The Labute approximate surface area is 334 Å². The van der Waals surface area contributed by atoms with Gasteiger partial charge >= 0.3 is 11.9 Å². The number of ether oxygens (including phenoxy) is 2. The van der Waals surface area contributed by atoms with Gasteiger partial charge < -0.3 is 27.9 Å². The van der Waals surface area contributed by atoms with Gasteiger partial charge in [-0.2, -0.15) is 0 Å². The molecule has 0 heterocycles. The number of nitrogens with zero attached hydrogens (tertiary/aromatic N) is 1. The van der Waals surface area contributed by atoms with E-state index in [1.54, 1.807) is 0 Å². The summed E-state index contributed by atoms with van der Waals surface area (Å²) in [6.07, 6.45) is 36.9. The van der Waals surface area contributed by atoms with Crippen molar-refractivity contribution < 1.29 is 42.1 Å². The fraction of sp³-hybridized carbons (Fsp3) is 0.955. The summed E-state index contributed by atoms with van der Waals surface area (Å²) in [5.41, 5.74) is 0. The van der Waals surface area contributed by atoms with Crippen molar-refractivity contribution in [2.24, 2.45) is 0 Å². The van der Waals surface area contributed by atoms with Gasteiger partial charge in [-0.05, 0) is 12.8 Å². The molecule has 0 aromatic heterocycles. The molecule has 0 amide bonds. The van der Waals surface area contributed by atoms with E-state index in [9.17, 15) is 19.0 Å². The van der Waals surface area contributed by atoms with Crippen LogP contribution >= 0.6 is 7.82 Å². The molecule has 54 heavy (non-hydrogen) atoms. The number of hydrogen-bond donors (Lipinski definition) is 0. The lowest BCUT2D eigenvalue weighted by molar-refractivity contribution is -0.870. The summed E-state index contributed by atoms with van der Waals surface area (Å²) in [7, 11) is 1.18. The van der Waals surface area contributed by atoms with E-state index in [4.69, 9.17) is 18.5 Å². The average Bonchev–Trinajstić information content (AvgIpc) is 3.12. The molecule has 0 aliphatic rings. The van der Waals surface area contributed by atoms with Crippen molar-refractivity contribution in [1.29, 1.82) is 0 Å². The van der Waals surface area contributed by atoms with Gasteiger partial charge in [0, 0.05) is 12.8 Å². The first kappa shape index (κ1) is 53.0. The molecular formula is C44H88NO8P. The number of unbranched alkanes of at least 4 members (excludes halogenated alkanes) is 28. The molecule has 0 aliphatic heterocycles. The summed E-state index contributed by atoms with van der Waals surface area (Å²) >= 11 is 0. The standard InChI is InChI=1S/C44H88NO8P/c1-6-8-10-12-14-16-18-20-22-23-25-26-28-30-32-34-36-43(46)50-40-42(41-52-54(48,49)51-39-38-45(3,4)5)53-44(47)37-35-33-31-29-27-24-21-19-17-15-13-11-9-7-2/h42H,6-41H2,1-5H3/t42-/m1/s1. The van der Waals surface area contributed by atoms with Crippen LogP contribution in [0.1, 0.15) is 219 Å². The second-order valence-electron chi connectivity index (χ2n) is 16.8. The Kier molecular flexibility index (Phi) is 36.9. The first-order valence-corrected chi connectivity index (χ1v) is 24.2. The Morgan fingerprint density at radius 2 is 0.833 bits per heavy atom. The Hall–Kier alpha value is -0.990. The summed E-state index contributed by atoms with van der Waals surface area (Å²) < 4.78 is 33.9. The SMILES string of the molecule is CCCCCCCCCCCCCCCCCCC(=O)OC[C@H](COP(=O)([O-])OCC[N+](C)(C)C)OC(=O)CCCCCCCCCCCCCCCC. The molecule has 0 aliphatic carbocycles. The smallest absolute Gasteiger partial charge is 0.306 e. The van der Waals surface area contributed by atoms with Crippen LogP contribution in [0.5, 0.6) is 0 Å². The predicted molar refractivity (Wildman–Crippen MR) is 222 cm³/mol. The van der Waals surface area contributed by atoms with E-state index in [0.29, 0.717) is 17.4 Å². The summed E-state index contributed by atoms with van der Waals surface area (Å²) in [4.78, 5) is 37.5. The molecule has 1 unspecified atom stereocenters. The minimum absolute atomic E-state index is 0.0256. The summed E-state index contributed by atoms with van der Waals surface area (Å²) in [6.45, 7) is 4.27. The van der Waals surface area contributed by atoms with Gasteiger partial charge in [0.2, 0.25) is 0 Å². The Bertz CT molecular complexity index is 896. The predicted octanol–water partition coefficient (Wildman–Crippen LogP) is 12.2. The van der Waals surface area contributed by atoms with Crippen molar-refractivity contribution in [3.63, 3.8) is 0 Å². The lowest BCUT2D eigenvalue weighted by atomic mass is 10.0. The Morgan fingerprint density at radius 1 is 0.500 bits per heavy atom. The Balaban J connectivity index is 4.29. The van der Waals surface area contributed by atoms with Crippen molar-refractivity contribution >= 4 is 19.8 Å². The normalized spacial score (nSPS) is 13.5. The minimum atomic E-state index is -4.61. The van der Waals surface area contributed by atoms with Crippen LogP contribution in [0.15, 0.2) is 0 Å². The maximum Gasteiger partial charge on any atom is 0.306 e. The minimum Gasteiger partial charge on any atom is -0.756 e. The molecule has 0 radical (unpaired) electrons. The molecule has 10 heteroatoms. The van der Waals surface area contributed by atoms with Crippen LogP contribution in [-0.2, 0) is 32.7 Å². The second-order valence-corrected chi connectivity index (χ2v) is 18.2. The van der Waals surface area contributed by atoms with Crippen LogP contribution in [-0.4, -0.2) is 70.0 Å². The van der Waals surface area contributed by atoms with Gasteiger partial charge in [-0.1, -0.05) is 194 Å². The highest BCUT2D eigenvalue weighted by atomic mass is 31.2. The van der Waals surface area contributed by atoms with Crippen molar-refractivity contribution in [3.05, 3.63) is 0 Å². The monoisotopic (exact) mass is 790 g/mol. The molecule has 0 bridgehead atoms. The highest BCUT2D eigenvalue weighted by Crippen LogP contribution is 2.38. The van der Waals surface area contributed by atoms with E-state index >= 15 is 0 Å². The fourth-order valence-electron chi connectivity index (χ4n) is 6.54. The van der Waals surface area contributed by atoms with Crippen molar-refractivity contribution in [2.45, 2.75) is 225 Å². The molecule has 0 saturated carbocycles. The number of hydrogen-bond acceptors (Lipinski definition) is 8. The number of quaternary nitrogens is 1. The third-order valence-corrected chi connectivity index (χ3v) is 11.1. The van der Waals surface area contributed by atoms with Crippen molar-refractivity contribution in [3.8, 4) is 0 Å². The molecule has 2 atom stereocenters. The largest absolute Gasteiger partial charge is 0.756 e. The number of rotatable bonds is 42. The number of likely N-dealkylation sites (N-methyl/N-ethyl adjacent to an activating group) is 1. The molecule has 0 N–H and O–H groups in total. The number of esters is 2. The van der Waals surface area contributed by atoms with Crippen LogP contribution in [0.3, 0.4) is 0 Å². The van der Waals surface area contributed by atoms with Gasteiger partial charge in [0.1, 0.15) is 19.8 Å². The van der Waals surface area contributed by atoms with Gasteiger partial charge in [0.25, 0.3) is 7.82 Å². The average molecular weight is 790 g/mol.